The maximum absolute atomic E-state index is 5.41. The van der Waals surface area contributed by atoms with Crippen LogP contribution in [-0.2, 0) is 6.54 Å². The van der Waals surface area contributed by atoms with E-state index in [4.69, 9.17) is 8.94 Å². The van der Waals surface area contributed by atoms with Crippen LogP contribution in [0.1, 0.15) is 56.0 Å². The summed E-state index contributed by atoms with van der Waals surface area (Å²) in [6, 6.07) is 3.97. The number of nitrogens with zero attached hydrogens (tertiary/aromatic N) is 3. The van der Waals surface area contributed by atoms with Gasteiger partial charge in [0, 0.05) is 11.8 Å². The summed E-state index contributed by atoms with van der Waals surface area (Å²) < 4.78 is 10.8. The van der Waals surface area contributed by atoms with Crippen molar-refractivity contribution in [1.82, 2.24) is 15.0 Å². The van der Waals surface area contributed by atoms with E-state index >= 15 is 0 Å². The lowest BCUT2D eigenvalue weighted by molar-refractivity contribution is 0.176. The third-order valence-corrected chi connectivity index (χ3v) is 3.87. The third kappa shape index (κ3) is 2.93. The minimum absolute atomic E-state index is 0.326. The van der Waals surface area contributed by atoms with Gasteiger partial charge in [-0.25, -0.2) is 0 Å². The molecule has 2 aromatic heterocycles. The Balaban J connectivity index is 1.55. The van der Waals surface area contributed by atoms with E-state index in [1.165, 1.54) is 0 Å². The van der Waals surface area contributed by atoms with E-state index in [1.807, 2.05) is 12.1 Å². The molecule has 5 nitrogen and oxygen atoms in total. The average Bonchev–Trinajstić information content (AvgIpc) is 3.10. The predicted molar refractivity (Wildman–Crippen MR) is 74.3 cm³/mol. The van der Waals surface area contributed by atoms with Crippen molar-refractivity contribution in [1.29, 1.82) is 0 Å². The quantitative estimate of drug-likeness (QED) is 0.857. The second-order valence-corrected chi connectivity index (χ2v) is 5.78. The van der Waals surface area contributed by atoms with Crippen LogP contribution in [-0.4, -0.2) is 28.1 Å². The molecule has 0 amide bonds. The Kier molecular flexibility index (Phi) is 3.87. The Hall–Kier alpha value is -1.62. The molecule has 0 aromatic carbocycles. The normalized spacial score (nSPS) is 17.9. The first-order valence-corrected chi connectivity index (χ1v) is 7.30. The first-order chi connectivity index (χ1) is 9.72. The maximum Gasteiger partial charge on any atom is 0.229 e. The fourth-order valence-corrected chi connectivity index (χ4v) is 2.61. The average molecular weight is 275 g/mol. The topological polar surface area (TPSA) is 55.3 Å². The van der Waals surface area contributed by atoms with Crippen molar-refractivity contribution < 1.29 is 8.94 Å². The molecule has 0 aliphatic carbocycles. The predicted octanol–water partition coefficient (Wildman–Crippen LogP) is 3.17. The standard InChI is InChI=1S/C15H21N3O2/c1-11(2)14-16-15(20-17-14)12-5-7-18(8-6-12)10-13-4-3-9-19-13/h3-4,9,11-12H,5-8,10H2,1-2H3. The SMILES string of the molecule is CC(C)c1noc(C2CCN(Cc3ccco3)CC2)n1. The number of piperidine rings is 1. The van der Waals surface area contributed by atoms with Crippen molar-refractivity contribution in [2.75, 3.05) is 13.1 Å². The highest BCUT2D eigenvalue weighted by Crippen LogP contribution is 2.28. The molecule has 0 unspecified atom stereocenters. The van der Waals surface area contributed by atoms with Gasteiger partial charge in [-0.15, -0.1) is 0 Å². The summed E-state index contributed by atoms with van der Waals surface area (Å²) in [5.74, 6) is 3.39. The van der Waals surface area contributed by atoms with Gasteiger partial charge in [-0.1, -0.05) is 19.0 Å². The molecule has 2 aromatic rings. The molecule has 108 valence electrons. The molecule has 0 atom stereocenters. The summed E-state index contributed by atoms with van der Waals surface area (Å²) in [5.41, 5.74) is 0. The minimum atomic E-state index is 0.326. The van der Waals surface area contributed by atoms with Crippen molar-refractivity contribution in [3.05, 3.63) is 35.9 Å². The molecule has 1 aliphatic heterocycles. The van der Waals surface area contributed by atoms with Crippen molar-refractivity contribution in [2.45, 2.75) is 45.1 Å². The molecule has 1 fully saturated rings. The minimum Gasteiger partial charge on any atom is -0.468 e. The molecule has 1 aliphatic rings. The van der Waals surface area contributed by atoms with Gasteiger partial charge in [0.15, 0.2) is 5.82 Å². The molecule has 3 heterocycles. The van der Waals surface area contributed by atoms with Gasteiger partial charge in [0.2, 0.25) is 5.89 Å². The maximum atomic E-state index is 5.41. The van der Waals surface area contributed by atoms with Gasteiger partial charge in [0.1, 0.15) is 5.76 Å². The van der Waals surface area contributed by atoms with Crippen LogP contribution in [0.2, 0.25) is 0 Å². The fraction of sp³-hybridized carbons (Fsp3) is 0.600. The highest BCUT2D eigenvalue weighted by molar-refractivity contribution is 5.01. The summed E-state index contributed by atoms with van der Waals surface area (Å²) in [7, 11) is 0. The van der Waals surface area contributed by atoms with Crippen LogP contribution in [0.4, 0.5) is 0 Å². The second-order valence-electron chi connectivity index (χ2n) is 5.78. The summed E-state index contributed by atoms with van der Waals surface area (Å²) in [6.45, 7) is 7.15. The number of hydrogen-bond donors (Lipinski definition) is 0. The van der Waals surface area contributed by atoms with Crippen LogP contribution in [0, 0.1) is 0 Å². The summed E-state index contributed by atoms with van der Waals surface area (Å²) in [4.78, 5) is 6.93. The van der Waals surface area contributed by atoms with Crippen molar-refractivity contribution in [2.24, 2.45) is 0 Å². The largest absolute Gasteiger partial charge is 0.468 e. The van der Waals surface area contributed by atoms with E-state index in [9.17, 15) is 0 Å². The van der Waals surface area contributed by atoms with Crippen molar-refractivity contribution in [3.63, 3.8) is 0 Å². The van der Waals surface area contributed by atoms with Gasteiger partial charge in [-0.2, -0.15) is 4.98 Å². The van der Waals surface area contributed by atoms with Crippen LogP contribution in [0.5, 0.6) is 0 Å². The molecule has 1 saturated heterocycles. The molecule has 20 heavy (non-hydrogen) atoms. The number of rotatable bonds is 4. The molecule has 5 heteroatoms. The molecular formula is C15H21N3O2. The summed E-state index contributed by atoms with van der Waals surface area (Å²) >= 11 is 0. The Morgan fingerprint density at radius 1 is 1.35 bits per heavy atom. The zero-order chi connectivity index (χ0) is 13.9. The van der Waals surface area contributed by atoms with Gasteiger partial charge in [0.05, 0.1) is 12.8 Å². The zero-order valence-electron chi connectivity index (χ0n) is 12.1. The molecule has 0 bridgehead atoms. The number of aromatic nitrogens is 2. The van der Waals surface area contributed by atoms with Gasteiger partial charge in [0.25, 0.3) is 0 Å². The van der Waals surface area contributed by atoms with E-state index in [1.54, 1.807) is 6.26 Å². The fourth-order valence-electron chi connectivity index (χ4n) is 2.61. The van der Waals surface area contributed by atoms with Gasteiger partial charge in [-0.05, 0) is 38.1 Å². The molecule has 0 saturated carbocycles. The van der Waals surface area contributed by atoms with Gasteiger partial charge >= 0.3 is 0 Å². The number of hydrogen-bond acceptors (Lipinski definition) is 5. The Morgan fingerprint density at radius 3 is 2.75 bits per heavy atom. The number of furan rings is 1. The van der Waals surface area contributed by atoms with Crippen LogP contribution in [0.15, 0.2) is 27.3 Å². The number of likely N-dealkylation sites (tertiary alicyclic amines) is 1. The van der Waals surface area contributed by atoms with E-state index in [0.29, 0.717) is 11.8 Å². The van der Waals surface area contributed by atoms with Crippen molar-refractivity contribution >= 4 is 0 Å². The summed E-state index contributed by atoms with van der Waals surface area (Å²) in [6.07, 6.45) is 3.87. The summed E-state index contributed by atoms with van der Waals surface area (Å²) in [5, 5.41) is 4.06. The van der Waals surface area contributed by atoms with Crippen LogP contribution >= 0.6 is 0 Å². The van der Waals surface area contributed by atoms with Gasteiger partial charge in [-0.3, -0.25) is 4.90 Å². The monoisotopic (exact) mass is 275 g/mol. The van der Waals surface area contributed by atoms with E-state index in [2.05, 4.69) is 28.9 Å². The lowest BCUT2D eigenvalue weighted by atomic mass is 9.96. The first-order valence-electron chi connectivity index (χ1n) is 7.30. The lowest BCUT2D eigenvalue weighted by Crippen LogP contribution is -2.32. The van der Waals surface area contributed by atoms with Crippen LogP contribution in [0.25, 0.3) is 0 Å². The van der Waals surface area contributed by atoms with E-state index in [-0.39, 0.29) is 0 Å². The van der Waals surface area contributed by atoms with E-state index in [0.717, 1.165) is 50.0 Å². The Morgan fingerprint density at radius 2 is 2.15 bits per heavy atom. The highest BCUT2D eigenvalue weighted by Gasteiger charge is 2.25. The molecule has 0 N–H and O–H groups in total. The molecule has 0 radical (unpaired) electrons. The second kappa shape index (κ2) is 5.79. The van der Waals surface area contributed by atoms with Crippen LogP contribution < -0.4 is 0 Å². The molecular weight excluding hydrogens is 254 g/mol. The van der Waals surface area contributed by atoms with Crippen molar-refractivity contribution in [3.8, 4) is 0 Å². The Bertz CT molecular complexity index is 525. The molecule has 3 rings (SSSR count). The smallest absolute Gasteiger partial charge is 0.229 e. The highest BCUT2D eigenvalue weighted by atomic mass is 16.5. The third-order valence-electron chi connectivity index (χ3n) is 3.87. The van der Waals surface area contributed by atoms with Crippen LogP contribution in [0.3, 0.4) is 0 Å². The molecule has 0 spiro atoms. The van der Waals surface area contributed by atoms with Gasteiger partial charge < -0.3 is 8.94 Å². The zero-order valence-corrected chi connectivity index (χ0v) is 12.1. The first kappa shape index (κ1) is 13.4. The Labute approximate surface area is 119 Å². The lowest BCUT2D eigenvalue weighted by Gasteiger charge is -2.29. The van der Waals surface area contributed by atoms with E-state index < -0.39 is 0 Å².